The molecule has 0 unspecified atom stereocenters. The summed E-state index contributed by atoms with van der Waals surface area (Å²) in [6.07, 6.45) is 4.84. The molecule has 21 heavy (non-hydrogen) atoms. The number of pyridine rings is 1. The summed E-state index contributed by atoms with van der Waals surface area (Å²) in [6, 6.07) is 4.98. The number of nitrogens with two attached hydrogens (primary N) is 1. The van der Waals surface area contributed by atoms with Gasteiger partial charge in [-0.25, -0.2) is 14.8 Å². The number of amides is 1. The molecule has 3 rings (SSSR count). The molecule has 0 aliphatic rings. The van der Waals surface area contributed by atoms with Gasteiger partial charge in [-0.15, -0.1) is 11.3 Å². The molecule has 106 valence electrons. The molecule has 3 N–H and O–H groups in total. The topological polar surface area (TPSA) is 98.7 Å². The Kier molecular flexibility index (Phi) is 3.36. The summed E-state index contributed by atoms with van der Waals surface area (Å²) in [5, 5.41) is 7.77. The molecule has 0 spiro atoms. The number of anilines is 2. The van der Waals surface area contributed by atoms with Crippen LogP contribution in [-0.4, -0.2) is 25.8 Å². The van der Waals surface area contributed by atoms with E-state index in [1.165, 1.54) is 11.3 Å². The molecule has 0 aliphatic carbocycles. The molecule has 0 bridgehead atoms. The lowest BCUT2D eigenvalue weighted by atomic mass is 10.2. The SMILES string of the molecule is Cc1sc(Nc2ccccn2)nc1-c1cnn(C(N)=O)c1. The molecule has 0 radical (unpaired) electrons. The minimum atomic E-state index is -0.624. The first kappa shape index (κ1) is 13.3. The third kappa shape index (κ3) is 2.75. The highest BCUT2D eigenvalue weighted by molar-refractivity contribution is 7.16. The lowest BCUT2D eigenvalue weighted by Gasteiger charge is -1.99. The fraction of sp³-hybridized carbons (Fsp3) is 0.0769. The number of carbonyl (C=O) groups excluding carboxylic acids is 1. The number of rotatable bonds is 3. The predicted molar refractivity (Wildman–Crippen MR) is 80.6 cm³/mol. The number of aromatic nitrogens is 4. The summed E-state index contributed by atoms with van der Waals surface area (Å²) in [5.41, 5.74) is 6.69. The lowest BCUT2D eigenvalue weighted by Crippen LogP contribution is -2.19. The van der Waals surface area contributed by atoms with Gasteiger partial charge in [-0.05, 0) is 19.1 Å². The van der Waals surface area contributed by atoms with Gasteiger partial charge in [0.15, 0.2) is 5.13 Å². The van der Waals surface area contributed by atoms with Crippen LogP contribution in [0.25, 0.3) is 11.3 Å². The third-order valence-electron chi connectivity index (χ3n) is 2.78. The maximum Gasteiger partial charge on any atom is 0.339 e. The van der Waals surface area contributed by atoms with Crippen molar-refractivity contribution in [2.24, 2.45) is 5.73 Å². The molecule has 3 aromatic rings. The van der Waals surface area contributed by atoms with Crippen molar-refractivity contribution in [2.75, 3.05) is 5.32 Å². The van der Waals surface area contributed by atoms with Crippen LogP contribution in [0.3, 0.4) is 0 Å². The van der Waals surface area contributed by atoms with Gasteiger partial charge in [-0.1, -0.05) is 6.07 Å². The van der Waals surface area contributed by atoms with Crippen molar-refractivity contribution in [2.45, 2.75) is 6.92 Å². The normalized spacial score (nSPS) is 10.5. The number of primary amides is 1. The van der Waals surface area contributed by atoms with Gasteiger partial charge < -0.3 is 11.1 Å². The van der Waals surface area contributed by atoms with Crippen molar-refractivity contribution in [1.29, 1.82) is 0 Å². The molecular formula is C13H12N6OS. The van der Waals surface area contributed by atoms with Gasteiger partial charge in [0.2, 0.25) is 0 Å². The summed E-state index contributed by atoms with van der Waals surface area (Å²) in [6.45, 7) is 1.96. The first-order valence-electron chi connectivity index (χ1n) is 6.14. The fourth-order valence-electron chi connectivity index (χ4n) is 1.83. The highest BCUT2D eigenvalue weighted by atomic mass is 32.1. The van der Waals surface area contributed by atoms with Crippen LogP contribution in [0.5, 0.6) is 0 Å². The Labute approximate surface area is 124 Å². The van der Waals surface area contributed by atoms with Crippen LogP contribution in [-0.2, 0) is 0 Å². The zero-order valence-electron chi connectivity index (χ0n) is 11.1. The van der Waals surface area contributed by atoms with Crippen molar-refractivity contribution in [1.82, 2.24) is 19.7 Å². The number of nitrogens with zero attached hydrogens (tertiary/aromatic N) is 4. The summed E-state index contributed by atoms with van der Waals surface area (Å²) >= 11 is 1.51. The van der Waals surface area contributed by atoms with E-state index >= 15 is 0 Å². The summed E-state index contributed by atoms with van der Waals surface area (Å²) in [7, 11) is 0. The minimum Gasteiger partial charge on any atom is -0.350 e. The Morgan fingerprint density at radius 2 is 2.29 bits per heavy atom. The van der Waals surface area contributed by atoms with E-state index in [-0.39, 0.29) is 0 Å². The maximum atomic E-state index is 11.1. The number of hydrogen-bond acceptors (Lipinski definition) is 6. The van der Waals surface area contributed by atoms with Crippen molar-refractivity contribution >= 4 is 28.3 Å². The fourth-order valence-corrected chi connectivity index (χ4v) is 2.67. The van der Waals surface area contributed by atoms with Crippen molar-refractivity contribution in [3.63, 3.8) is 0 Å². The molecule has 0 aromatic carbocycles. The molecule has 0 saturated carbocycles. The average molecular weight is 300 g/mol. The molecular weight excluding hydrogens is 288 g/mol. The first-order chi connectivity index (χ1) is 10.1. The highest BCUT2D eigenvalue weighted by Crippen LogP contribution is 2.31. The van der Waals surface area contributed by atoms with Crippen LogP contribution in [0, 0.1) is 6.92 Å². The van der Waals surface area contributed by atoms with Gasteiger partial charge >= 0.3 is 6.03 Å². The first-order valence-corrected chi connectivity index (χ1v) is 6.95. The Hall–Kier alpha value is -2.74. The van der Waals surface area contributed by atoms with E-state index in [1.807, 2.05) is 25.1 Å². The number of thiazole rings is 1. The molecule has 1 amide bonds. The van der Waals surface area contributed by atoms with Crippen LogP contribution in [0.2, 0.25) is 0 Å². The Morgan fingerprint density at radius 3 is 2.95 bits per heavy atom. The van der Waals surface area contributed by atoms with Crippen molar-refractivity contribution in [3.05, 3.63) is 41.7 Å². The standard InChI is InChI=1S/C13H12N6OS/c1-8-11(9-6-16-19(7-9)12(14)20)18-13(21-8)17-10-4-2-3-5-15-10/h2-7H,1H3,(H2,14,20)(H,15,17,18). The van der Waals surface area contributed by atoms with E-state index in [1.54, 1.807) is 18.6 Å². The predicted octanol–water partition coefficient (Wildman–Crippen LogP) is 2.38. The van der Waals surface area contributed by atoms with Crippen molar-refractivity contribution < 1.29 is 4.79 Å². The van der Waals surface area contributed by atoms with E-state index in [2.05, 4.69) is 20.4 Å². The second-order valence-corrected chi connectivity index (χ2v) is 5.48. The summed E-state index contributed by atoms with van der Waals surface area (Å²) in [5.74, 6) is 0.727. The zero-order valence-corrected chi connectivity index (χ0v) is 12.0. The Bertz CT molecular complexity index is 779. The summed E-state index contributed by atoms with van der Waals surface area (Å²) in [4.78, 5) is 20.8. The third-order valence-corrected chi connectivity index (χ3v) is 3.66. The number of carbonyl (C=O) groups is 1. The molecule has 0 fully saturated rings. The molecule has 3 heterocycles. The van der Waals surface area contributed by atoms with E-state index in [4.69, 9.17) is 5.73 Å². The van der Waals surface area contributed by atoms with Gasteiger partial charge in [-0.2, -0.15) is 9.78 Å². The van der Waals surface area contributed by atoms with E-state index in [0.717, 1.165) is 31.8 Å². The molecule has 7 nitrogen and oxygen atoms in total. The van der Waals surface area contributed by atoms with Gasteiger partial charge in [0, 0.05) is 22.8 Å². The monoisotopic (exact) mass is 300 g/mol. The van der Waals surface area contributed by atoms with Crippen LogP contribution in [0.1, 0.15) is 4.88 Å². The second-order valence-electron chi connectivity index (χ2n) is 4.28. The summed E-state index contributed by atoms with van der Waals surface area (Å²) < 4.78 is 1.08. The average Bonchev–Trinajstić information content (AvgIpc) is 3.07. The smallest absolute Gasteiger partial charge is 0.339 e. The number of nitrogens with one attached hydrogen (secondary N) is 1. The van der Waals surface area contributed by atoms with Gasteiger partial charge in [0.25, 0.3) is 0 Å². The molecule has 0 saturated heterocycles. The quantitative estimate of drug-likeness (QED) is 0.773. The van der Waals surface area contributed by atoms with Gasteiger partial charge in [0.05, 0.1) is 11.9 Å². The van der Waals surface area contributed by atoms with E-state index < -0.39 is 6.03 Å². The molecule has 0 atom stereocenters. The Morgan fingerprint density at radius 1 is 1.43 bits per heavy atom. The van der Waals surface area contributed by atoms with Crippen LogP contribution < -0.4 is 11.1 Å². The minimum absolute atomic E-state index is 0.624. The molecule has 8 heteroatoms. The lowest BCUT2D eigenvalue weighted by molar-refractivity contribution is 0.247. The van der Waals surface area contributed by atoms with Crippen LogP contribution in [0.15, 0.2) is 36.8 Å². The van der Waals surface area contributed by atoms with Gasteiger partial charge in [-0.3, -0.25) is 0 Å². The maximum absolute atomic E-state index is 11.1. The number of hydrogen-bond donors (Lipinski definition) is 2. The highest BCUT2D eigenvalue weighted by Gasteiger charge is 2.13. The zero-order chi connectivity index (χ0) is 14.8. The van der Waals surface area contributed by atoms with E-state index in [0.29, 0.717) is 0 Å². The van der Waals surface area contributed by atoms with Crippen LogP contribution >= 0.6 is 11.3 Å². The van der Waals surface area contributed by atoms with E-state index in [9.17, 15) is 4.79 Å². The number of aryl methyl sites for hydroxylation is 1. The van der Waals surface area contributed by atoms with Gasteiger partial charge in [0.1, 0.15) is 5.82 Å². The second kappa shape index (κ2) is 5.33. The van der Waals surface area contributed by atoms with Crippen LogP contribution in [0.4, 0.5) is 15.7 Å². The Balaban J connectivity index is 1.88. The largest absolute Gasteiger partial charge is 0.350 e. The molecule has 0 aliphatic heterocycles. The molecule has 3 aromatic heterocycles. The van der Waals surface area contributed by atoms with Crippen molar-refractivity contribution in [3.8, 4) is 11.3 Å².